The third kappa shape index (κ3) is 5.47. The molecule has 1 aliphatic rings. The van der Waals surface area contributed by atoms with Gasteiger partial charge in [-0.2, -0.15) is 0 Å². The lowest BCUT2D eigenvalue weighted by atomic mass is 10.2. The number of nitrogens with zero attached hydrogens (tertiary/aromatic N) is 2. The van der Waals surface area contributed by atoms with Crippen LogP contribution in [0.2, 0.25) is 0 Å². The lowest BCUT2D eigenvalue weighted by Crippen LogP contribution is -2.46. The quantitative estimate of drug-likeness (QED) is 0.666. The highest BCUT2D eigenvalue weighted by molar-refractivity contribution is 5.66. The van der Waals surface area contributed by atoms with Gasteiger partial charge in [0.25, 0.3) is 0 Å². The van der Waals surface area contributed by atoms with Crippen molar-refractivity contribution >= 4 is 5.97 Å². The summed E-state index contributed by atoms with van der Waals surface area (Å²) in [4.78, 5) is 15.3. The Morgan fingerprint density at radius 3 is 2.25 bits per heavy atom. The fraction of sp³-hybridized carbons (Fsp3) is 0.917. The number of unbranched alkanes of at least 4 members (excludes halogenated alkanes) is 2. The minimum Gasteiger partial charge on any atom is -0.481 e. The molecule has 0 amide bonds. The second-order valence-electron chi connectivity index (χ2n) is 4.48. The first-order valence-electron chi connectivity index (χ1n) is 6.39. The average Bonchev–Trinajstić information content (AvgIpc) is 2.29. The van der Waals surface area contributed by atoms with Gasteiger partial charge in [0.2, 0.25) is 0 Å². The zero-order chi connectivity index (χ0) is 11.8. The van der Waals surface area contributed by atoms with Crippen molar-refractivity contribution in [2.24, 2.45) is 0 Å². The summed E-state index contributed by atoms with van der Waals surface area (Å²) < 4.78 is 0. The molecular weight excluding hydrogens is 204 g/mol. The summed E-state index contributed by atoms with van der Waals surface area (Å²) in [5.74, 6) is -0.670. The van der Waals surface area contributed by atoms with Crippen molar-refractivity contribution in [1.82, 2.24) is 9.80 Å². The van der Waals surface area contributed by atoms with Gasteiger partial charge in [0.1, 0.15) is 0 Å². The summed E-state index contributed by atoms with van der Waals surface area (Å²) in [5.41, 5.74) is 0. The van der Waals surface area contributed by atoms with E-state index in [9.17, 15) is 4.79 Å². The molecule has 0 atom stereocenters. The van der Waals surface area contributed by atoms with Crippen LogP contribution in [0.15, 0.2) is 0 Å². The smallest absolute Gasteiger partial charge is 0.303 e. The second kappa shape index (κ2) is 7.63. The molecule has 0 aromatic rings. The molecule has 1 saturated heterocycles. The molecular formula is C12H24N2O2. The fourth-order valence-electron chi connectivity index (χ4n) is 2.12. The number of piperazine rings is 1. The van der Waals surface area contributed by atoms with Crippen LogP contribution in [-0.4, -0.2) is 60.1 Å². The molecule has 0 unspecified atom stereocenters. The van der Waals surface area contributed by atoms with Crippen LogP contribution >= 0.6 is 0 Å². The van der Waals surface area contributed by atoms with Crippen LogP contribution in [0.3, 0.4) is 0 Å². The first-order valence-corrected chi connectivity index (χ1v) is 6.39. The Morgan fingerprint density at radius 2 is 1.69 bits per heavy atom. The highest BCUT2D eigenvalue weighted by Crippen LogP contribution is 2.05. The lowest BCUT2D eigenvalue weighted by molar-refractivity contribution is -0.137. The molecule has 1 fully saturated rings. The minimum atomic E-state index is -0.670. The molecule has 0 spiro atoms. The topological polar surface area (TPSA) is 43.8 Å². The van der Waals surface area contributed by atoms with Crippen molar-refractivity contribution in [3.05, 3.63) is 0 Å². The van der Waals surface area contributed by atoms with Crippen LogP contribution in [-0.2, 0) is 4.79 Å². The van der Waals surface area contributed by atoms with Gasteiger partial charge < -0.3 is 14.9 Å². The van der Waals surface area contributed by atoms with Crippen LogP contribution in [0.25, 0.3) is 0 Å². The van der Waals surface area contributed by atoms with Gasteiger partial charge in [-0.25, -0.2) is 0 Å². The fourth-order valence-corrected chi connectivity index (χ4v) is 2.12. The normalized spacial score (nSPS) is 18.8. The maximum Gasteiger partial charge on any atom is 0.303 e. The van der Waals surface area contributed by atoms with Crippen molar-refractivity contribution < 1.29 is 9.90 Å². The molecule has 94 valence electrons. The molecule has 1 N–H and O–H groups in total. The monoisotopic (exact) mass is 228 g/mol. The van der Waals surface area contributed by atoms with E-state index in [2.05, 4.69) is 16.7 Å². The summed E-state index contributed by atoms with van der Waals surface area (Å²) in [6, 6.07) is 0. The first kappa shape index (κ1) is 13.5. The molecule has 0 bridgehead atoms. The van der Waals surface area contributed by atoms with Gasteiger partial charge in [0.05, 0.1) is 0 Å². The van der Waals surface area contributed by atoms with Gasteiger partial charge in [0, 0.05) is 32.6 Å². The van der Waals surface area contributed by atoms with Crippen molar-refractivity contribution in [3.63, 3.8) is 0 Å². The minimum absolute atomic E-state index is 0.323. The summed E-state index contributed by atoms with van der Waals surface area (Å²) in [6.45, 7) is 9.22. The predicted octanol–water partition coefficient (Wildman–Crippen LogP) is 1.27. The van der Waals surface area contributed by atoms with E-state index < -0.39 is 5.97 Å². The van der Waals surface area contributed by atoms with E-state index >= 15 is 0 Å². The van der Waals surface area contributed by atoms with E-state index in [4.69, 9.17) is 5.11 Å². The molecule has 0 saturated carbocycles. The standard InChI is InChI=1S/C12H24N2O2/c1-2-13-8-10-14(11-9-13)7-5-3-4-6-12(15)16/h2-11H2,1H3,(H,15,16). The van der Waals surface area contributed by atoms with Crippen molar-refractivity contribution in [2.45, 2.75) is 32.6 Å². The first-order chi connectivity index (χ1) is 7.72. The number of carboxylic acids is 1. The Balaban J connectivity index is 1.96. The van der Waals surface area contributed by atoms with E-state index in [0.717, 1.165) is 32.4 Å². The molecule has 0 radical (unpaired) electrons. The zero-order valence-corrected chi connectivity index (χ0v) is 10.3. The highest BCUT2D eigenvalue weighted by Gasteiger charge is 2.14. The second-order valence-corrected chi connectivity index (χ2v) is 4.48. The zero-order valence-electron chi connectivity index (χ0n) is 10.3. The van der Waals surface area contributed by atoms with Crippen molar-refractivity contribution in [1.29, 1.82) is 0 Å². The van der Waals surface area contributed by atoms with Crippen LogP contribution in [0, 0.1) is 0 Å². The Morgan fingerprint density at radius 1 is 1.06 bits per heavy atom. The molecule has 0 aromatic carbocycles. The van der Waals surface area contributed by atoms with E-state index in [-0.39, 0.29) is 0 Å². The maximum atomic E-state index is 10.3. The Kier molecular flexibility index (Phi) is 6.42. The van der Waals surface area contributed by atoms with E-state index in [1.807, 2.05) is 0 Å². The molecule has 1 rings (SSSR count). The molecule has 0 aliphatic carbocycles. The Bertz CT molecular complexity index is 201. The van der Waals surface area contributed by atoms with Gasteiger partial charge in [-0.1, -0.05) is 13.3 Å². The maximum absolute atomic E-state index is 10.3. The van der Waals surface area contributed by atoms with E-state index in [1.54, 1.807) is 0 Å². The number of carbonyl (C=O) groups is 1. The average molecular weight is 228 g/mol. The van der Waals surface area contributed by atoms with Gasteiger partial charge >= 0.3 is 5.97 Å². The summed E-state index contributed by atoms with van der Waals surface area (Å²) >= 11 is 0. The number of hydrogen-bond acceptors (Lipinski definition) is 3. The van der Waals surface area contributed by atoms with Crippen LogP contribution < -0.4 is 0 Å². The molecule has 1 heterocycles. The van der Waals surface area contributed by atoms with E-state index in [1.165, 1.54) is 26.2 Å². The van der Waals surface area contributed by atoms with Crippen LogP contribution in [0.4, 0.5) is 0 Å². The number of rotatable bonds is 7. The third-order valence-electron chi connectivity index (χ3n) is 3.28. The molecule has 4 nitrogen and oxygen atoms in total. The van der Waals surface area contributed by atoms with Crippen molar-refractivity contribution in [3.8, 4) is 0 Å². The van der Waals surface area contributed by atoms with Gasteiger partial charge in [0.15, 0.2) is 0 Å². The van der Waals surface area contributed by atoms with Gasteiger partial charge in [-0.3, -0.25) is 4.79 Å². The van der Waals surface area contributed by atoms with Gasteiger partial charge in [-0.15, -0.1) is 0 Å². The van der Waals surface area contributed by atoms with Crippen LogP contribution in [0.1, 0.15) is 32.6 Å². The lowest BCUT2D eigenvalue weighted by Gasteiger charge is -2.33. The SMILES string of the molecule is CCN1CCN(CCCCCC(=O)O)CC1. The van der Waals surface area contributed by atoms with Gasteiger partial charge in [-0.05, 0) is 25.9 Å². The Labute approximate surface area is 98.2 Å². The summed E-state index contributed by atoms with van der Waals surface area (Å²) in [5, 5.41) is 8.50. The third-order valence-corrected chi connectivity index (χ3v) is 3.28. The number of hydrogen-bond donors (Lipinski definition) is 1. The molecule has 0 aromatic heterocycles. The summed E-state index contributed by atoms with van der Waals surface area (Å²) in [6.07, 6.45) is 3.33. The predicted molar refractivity (Wildman–Crippen MR) is 64.7 cm³/mol. The van der Waals surface area contributed by atoms with Crippen LogP contribution in [0.5, 0.6) is 0 Å². The largest absolute Gasteiger partial charge is 0.481 e. The number of likely N-dealkylation sites (N-methyl/N-ethyl adjacent to an activating group) is 1. The van der Waals surface area contributed by atoms with E-state index in [0.29, 0.717) is 6.42 Å². The number of aliphatic carboxylic acids is 1. The molecule has 16 heavy (non-hydrogen) atoms. The summed E-state index contributed by atoms with van der Waals surface area (Å²) in [7, 11) is 0. The highest BCUT2D eigenvalue weighted by atomic mass is 16.4. The molecule has 4 heteroatoms. The van der Waals surface area contributed by atoms with Crippen molar-refractivity contribution in [2.75, 3.05) is 39.3 Å². The molecule has 1 aliphatic heterocycles. The Hall–Kier alpha value is -0.610. The number of carboxylic acid groups (broad SMARTS) is 1.